The molecule has 0 aliphatic rings. The van der Waals surface area contributed by atoms with Crippen LogP contribution in [0.1, 0.15) is 27.7 Å². The Kier molecular flexibility index (Phi) is 4.90. The molecule has 1 rings (SSSR count). The molecule has 0 aromatic carbocycles. The SMILES string of the molecule is CCOC(=O)C(C(=O)Nc1ccsc1)C(C)(C)C. The zero-order valence-corrected chi connectivity index (χ0v) is 12.0. The number of esters is 1. The monoisotopic (exact) mass is 269 g/mol. The molecule has 0 spiro atoms. The van der Waals surface area contributed by atoms with Gasteiger partial charge in [-0.3, -0.25) is 9.59 Å². The van der Waals surface area contributed by atoms with Gasteiger partial charge in [0.2, 0.25) is 5.91 Å². The maximum Gasteiger partial charge on any atom is 0.319 e. The van der Waals surface area contributed by atoms with Crippen LogP contribution in [0.2, 0.25) is 0 Å². The van der Waals surface area contributed by atoms with E-state index in [2.05, 4.69) is 5.32 Å². The summed E-state index contributed by atoms with van der Waals surface area (Å²) < 4.78 is 4.97. The van der Waals surface area contributed by atoms with Crippen LogP contribution >= 0.6 is 11.3 Å². The number of ether oxygens (including phenoxy) is 1. The zero-order valence-electron chi connectivity index (χ0n) is 11.1. The van der Waals surface area contributed by atoms with Crippen molar-refractivity contribution >= 4 is 28.9 Å². The summed E-state index contributed by atoms with van der Waals surface area (Å²) in [6, 6.07) is 1.80. The quantitative estimate of drug-likeness (QED) is 0.675. The summed E-state index contributed by atoms with van der Waals surface area (Å²) in [6.07, 6.45) is 0. The third-order valence-corrected chi connectivity index (χ3v) is 3.12. The van der Waals surface area contributed by atoms with E-state index in [1.54, 1.807) is 13.0 Å². The first-order valence-corrected chi connectivity index (χ1v) is 6.80. The summed E-state index contributed by atoms with van der Waals surface area (Å²) in [5, 5.41) is 6.43. The first-order chi connectivity index (χ1) is 8.36. The van der Waals surface area contributed by atoms with Crippen LogP contribution in [0, 0.1) is 11.3 Å². The van der Waals surface area contributed by atoms with Gasteiger partial charge in [0.1, 0.15) is 5.92 Å². The van der Waals surface area contributed by atoms with Crippen molar-refractivity contribution < 1.29 is 14.3 Å². The molecule has 1 N–H and O–H groups in total. The Labute approximate surface area is 111 Å². The molecular weight excluding hydrogens is 250 g/mol. The topological polar surface area (TPSA) is 55.4 Å². The van der Waals surface area contributed by atoms with Crippen LogP contribution < -0.4 is 5.32 Å². The van der Waals surface area contributed by atoms with E-state index >= 15 is 0 Å². The molecule has 1 amide bonds. The second-order valence-corrected chi connectivity index (χ2v) is 5.83. The number of nitrogens with one attached hydrogen (secondary N) is 1. The molecule has 4 nitrogen and oxygen atoms in total. The fraction of sp³-hybridized carbons (Fsp3) is 0.538. The van der Waals surface area contributed by atoms with E-state index in [0.717, 1.165) is 0 Å². The molecule has 1 unspecified atom stereocenters. The van der Waals surface area contributed by atoms with Crippen LogP contribution in [0.5, 0.6) is 0 Å². The van der Waals surface area contributed by atoms with Crippen molar-refractivity contribution in [1.82, 2.24) is 0 Å². The fourth-order valence-electron chi connectivity index (χ4n) is 1.63. The number of rotatable bonds is 4. The number of carbonyl (C=O) groups excluding carboxylic acids is 2. The number of carbonyl (C=O) groups is 2. The summed E-state index contributed by atoms with van der Waals surface area (Å²) in [5.41, 5.74) is 0.232. The van der Waals surface area contributed by atoms with Gasteiger partial charge in [-0.05, 0) is 23.8 Å². The summed E-state index contributed by atoms with van der Waals surface area (Å²) in [7, 11) is 0. The summed E-state index contributed by atoms with van der Waals surface area (Å²) in [5.74, 6) is -1.60. The van der Waals surface area contributed by atoms with E-state index in [0.29, 0.717) is 5.69 Å². The van der Waals surface area contributed by atoms with Crippen LogP contribution in [-0.4, -0.2) is 18.5 Å². The highest BCUT2D eigenvalue weighted by atomic mass is 32.1. The van der Waals surface area contributed by atoms with E-state index in [9.17, 15) is 9.59 Å². The summed E-state index contributed by atoms with van der Waals surface area (Å²) >= 11 is 1.49. The molecule has 5 heteroatoms. The van der Waals surface area contributed by atoms with Crippen molar-refractivity contribution in [2.45, 2.75) is 27.7 Å². The van der Waals surface area contributed by atoms with Crippen LogP contribution in [0.25, 0.3) is 0 Å². The van der Waals surface area contributed by atoms with E-state index in [1.165, 1.54) is 11.3 Å². The van der Waals surface area contributed by atoms with Gasteiger partial charge >= 0.3 is 5.97 Å². The molecule has 0 aliphatic carbocycles. The lowest BCUT2D eigenvalue weighted by atomic mass is 9.80. The van der Waals surface area contributed by atoms with Gasteiger partial charge in [0, 0.05) is 5.38 Å². The van der Waals surface area contributed by atoms with Crippen molar-refractivity contribution in [3.63, 3.8) is 0 Å². The number of thiophene rings is 1. The Morgan fingerprint density at radius 2 is 2.11 bits per heavy atom. The number of hydrogen-bond donors (Lipinski definition) is 1. The van der Waals surface area contributed by atoms with Crippen LogP contribution in [0.3, 0.4) is 0 Å². The number of amides is 1. The lowest BCUT2D eigenvalue weighted by Crippen LogP contribution is -2.40. The second-order valence-electron chi connectivity index (χ2n) is 5.05. The van der Waals surface area contributed by atoms with Gasteiger partial charge in [-0.2, -0.15) is 11.3 Å². The highest BCUT2D eigenvalue weighted by Crippen LogP contribution is 2.28. The standard InChI is InChI=1S/C13H19NO3S/c1-5-17-12(16)10(13(2,3)4)11(15)14-9-6-7-18-8-9/h6-8,10H,5H2,1-4H3,(H,14,15). The van der Waals surface area contributed by atoms with Crippen LogP contribution in [-0.2, 0) is 14.3 Å². The molecule has 0 saturated carbocycles. The largest absolute Gasteiger partial charge is 0.465 e. The second kappa shape index (κ2) is 6.00. The molecule has 1 heterocycles. The molecule has 1 aromatic heterocycles. The smallest absolute Gasteiger partial charge is 0.319 e. The minimum absolute atomic E-state index is 0.275. The molecule has 1 atom stereocenters. The van der Waals surface area contributed by atoms with Gasteiger partial charge in [0.25, 0.3) is 0 Å². The van der Waals surface area contributed by atoms with Crippen LogP contribution in [0.15, 0.2) is 16.8 Å². The van der Waals surface area contributed by atoms with Crippen molar-refractivity contribution in [2.75, 3.05) is 11.9 Å². The fourth-order valence-corrected chi connectivity index (χ4v) is 2.22. The molecular formula is C13H19NO3S. The lowest BCUT2D eigenvalue weighted by molar-refractivity contribution is -0.155. The predicted octanol–water partition coefficient (Wildman–Crippen LogP) is 2.91. The average Bonchev–Trinajstić information content (AvgIpc) is 2.68. The minimum atomic E-state index is -0.808. The number of hydrogen-bond acceptors (Lipinski definition) is 4. The molecule has 0 radical (unpaired) electrons. The first-order valence-electron chi connectivity index (χ1n) is 5.86. The van der Waals surface area contributed by atoms with E-state index < -0.39 is 17.3 Å². The Balaban J connectivity index is 2.83. The predicted molar refractivity (Wildman–Crippen MR) is 72.5 cm³/mol. The molecule has 18 heavy (non-hydrogen) atoms. The van der Waals surface area contributed by atoms with Crippen molar-refractivity contribution in [3.8, 4) is 0 Å². The first kappa shape index (κ1) is 14.7. The highest BCUT2D eigenvalue weighted by molar-refractivity contribution is 7.08. The van der Waals surface area contributed by atoms with E-state index in [1.807, 2.05) is 31.5 Å². The Hall–Kier alpha value is -1.36. The van der Waals surface area contributed by atoms with Crippen LogP contribution in [0.4, 0.5) is 5.69 Å². The minimum Gasteiger partial charge on any atom is -0.465 e. The van der Waals surface area contributed by atoms with Crippen molar-refractivity contribution in [1.29, 1.82) is 0 Å². The van der Waals surface area contributed by atoms with Gasteiger partial charge in [0.05, 0.1) is 12.3 Å². The third-order valence-electron chi connectivity index (χ3n) is 2.44. The normalized spacial score (nSPS) is 12.9. The Morgan fingerprint density at radius 3 is 2.56 bits per heavy atom. The molecule has 100 valence electrons. The number of anilines is 1. The molecule has 0 fully saturated rings. The molecule has 0 bridgehead atoms. The maximum absolute atomic E-state index is 12.2. The molecule has 0 aliphatic heterocycles. The summed E-state index contributed by atoms with van der Waals surface area (Å²) in [4.78, 5) is 24.0. The van der Waals surface area contributed by atoms with Gasteiger partial charge in [-0.1, -0.05) is 20.8 Å². The molecule has 1 aromatic rings. The molecule has 0 saturated heterocycles. The van der Waals surface area contributed by atoms with Gasteiger partial charge in [0.15, 0.2) is 0 Å². The maximum atomic E-state index is 12.2. The zero-order chi connectivity index (χ0) is 13.8. The van der Waals surface area contributed by atoms with Crippen molar-refractivity contribution in [2.24, 2.45) is 11.3 Å². The third kappa shape index (κ3) is 3.84. The van der Waals surface area contributed by atoms with E-state index in [4.69, 9.17) is 4.74 Å². The van der Waals surface area contributed by atoms with E-state index in [-0.39, 0.29) is 12.5 Å². The highest BCUT2D eigenvalue weighted by Gasteiger charge is 2.38. The average molecular weight is 269 g/mol. The Bertz CT molecular complexity index is 406. The summed E-state index contributed by atoms with van der Waals surface area (Å²) in [6.45, 7) is 7.55. The van der Waals surface area contributed by atoms with Crippen molar-refractivity contribution in [3.05, 3.63) is 16.8 Å². The van der Waals surface area contributed by atoms with Gasteiger partial charge in [-0.25, -0.2) is 0 Å². The Morgan fingerprint density at radius 1 is 1.44 bits per heavy atom. The van der Waals surface area contributed by atoms with Gasteiger partial charge in [-0.15, -0.1) is 0 Å². The lowest BCUT2D eigenvalue weighted by Gasteiger charge is -2.27. The van der Waals surface area contributed by atoms with Gasteiger partial charge < -0.3 is 10.1 Å².